The van der Waals surface area contributed by atoms with Crippen LogP contribution in [0.15, 0.2) is 94.7 Å². The minimum absolute atomic E-state index is 0. The van der Waals surface area contributed by atoms with Crippen molar-refractivity contribution in [2.24, 2.45) is 0 Å². The molecular weight excluding hydrogens is 865 g/mol. The van der Waals surface area contributed by atoms with Gasteiger partial charge in [0.1, 0.15) is 27.4 Å². The first-order chi connectivity index (χ1) is 29.8. The van der Waals surface area contributed by atoms with Gasteiger partial charge in [0.2, 0.25) is 0 Å². The number of aromatic hydroxyl groups is 1. The molecule has 0 unspecified atom stereocenters. The number of phenols is 1. The Balaban J connectivity index is 0.000000427. The summed E-state index contributed by atoms with van der Waals surface area (Å²) >= 11 is 0. The Morgan fingerprint density at radius 2 is 0.825 bits per heavy atom. The molecule has 13 heteroatoms. The zero-order valence-corrected chi connectivity index (χ0v) is 41.6. The van der Waals surface area contributed by atoms with Gasteiger partial charge in [-0.3, -0.25) is 4.55 Å². The second kappa shape index (κ2) is 31.9. The SMILES string of the molecule is CCCCCCCCCCCCCc1ccc(O)c(Oc2ccc(S(=O)(=O)O)cc2)c1.CCCCCCCCCCCCCc1ccc([O-])c(Oc2ccc(S(=O)(=O)[O-])cc2)c1.[Ca+2]. The van der Waals surface area contributed by atoms with Gasteiger partial charge < -0.3 is 24.2 Å². The number of rotatable bonds is 30. The molecule has 344 valence electrons. The molecule has 4 aromatic carbocycles. The number of unbranched alkanes of at least 4 members (excludes halogenated alkanes) is 20. The molecule has 10 nitrogen and oxygen atoms in total. The van der Waals surface area contributed by atoms with Gasteiger partial charge in [-0.2, -0.15) is 8.42 Å². The van der Waals surface area contributed by atoms with Gasteiger partial charge in [-0.25, -0.2) is 8.42 Å². The maximum atomic E-state index is 12.1. The summed E-state index contributed by atoms with van der Waals surface area (Å²) in [5, 5.41) is 22.2. The summed E-state index contributed by atoms with van der Waals surface area (Å²) in [5.41, 5.74) is 2.14. The van der Waals surface area contributed by atoms with Gasteiger partial charge in [-0.1, -0.05) is 166 Å². The van der Waals surface area contributed by atoms with Gasteiger partial charge in [0.05, 0.1) is 9.79 Å². The molecule has 0 spiro atoms. The van der Waals surface area contributed by atoms with Gasteiger partial charge in [0.25, 0.3) is 10.1 Å². The van der Waals surface area contributed by atoms with Crippen LogP contribution < -0.4 is 14.6 Å². The first-order valence-corrected chi connectivity index (χ1v) is 25.8. The van der Waals surface area contributed by atoms with Gasteiger partial charge in [-0.15, -0.1) is 0 Å². The third-order valence-electron chi connectivity index (χ3n) is 10.9. The summed E-state index contributed by atoms with van der Waals surface area (Å²) in [4.78, 5) is -0.526. The van der Waals surface area contributed by atoms with Crippen LogP contribution in [0.1, 0.15) is 166 Å². The number of phenolic OH excluding ortho intramolecular Hbond substituents is 1. The molecule has 63 heavy (non-hydrogen) atoms. The zero-order chi connectivity index (χ0) is 45.1. The summed E-state index contributed by atoms with van der Waals surface area (Å²) in [6.45, 7) is 4.49. The van der Waals surface area contributed by atoms with Crippen molar-refractivity contribution in [2.75, 3.05) is 0 Å². The van der Waals surface area contributed by atoms with Gasteiger partial charge >= 0.3 is 37.7 Å². The van der Waals surface area contributed by atoms with Crippen molar-refractivity contribution in [1.82, 2.24) is 0 Å². The van der Waals surface area contributed by atoms with E-state index in [1.165, 1.54) is 183 Å². The average molecular weight is 935 g/mol. The van der Waals surface area contributed by atoms with Crippen molar-refractivity contribution in [3.05, 3.63) is 96.1 Å². The van der Waals surface area contributed by atoms with Crippen LogP contribution in [0.3, 0.4) is 0 Å². The van der Waals surface area contributed by atoms with Gasteiger partial charge in [0.15, 0.2) is 11.5 Å². The molecule has 0 aliphatic carbocycles. The van der Waals surface area contributed by atoms with Crippen LogP contribution in [-0.4, -0.2) is 68.8 Å². The van der Waals surface area contributed by atoms with E-state index in [9.17, 15) is 31.6 Å². The first-order valence-electron chi connectivity index (χ1n) is 22.9. The molecule has 0 amide bonds. The van der Waals surface area contributed by atoms with E-state index < -0.39 is 20.2 Å². The number of hydrogen-bond donors (Lipinski definition) is 2. The summed E-state index contributed by atoms with van der Waals surface area (Å²) in [6, 6.07) is 20.9. The van der Waals surface area contributed by atoms with Crippen molar-refractivity contribution in [2.45, 2.75) is 178 Å². The maximum Gasteiger partial charge on any atom is 2.00 e. The standard InChI is InChI=1S/2C25H36O5S.Ca/c2*1-2-3-4-5-6-7-8-9-10-11-12-13-21-14-19-24(26)25(20-21)30-22-15-17-23(18-16-22)31(27,28)29;/h2*14-20,26H,2-13H2,1H3,(H,27,28,29);/q;;+2/p-2. The Morgan fingerprint density at radius 3 is 1.22 bits per heavy atom. The Bertz CT molecular complexity index is 1910. The van der Waals surface area contributed by atoms with E-state index in [1.54, 1.807) is 12.1 Å². The van der Waals surface area contributed by atoms with Crippen LogP contribution in [0, 0.1) is 0 Å². The second-order valence-corrected chi connectivity index (χ2v) is 19.0. The van der Waals surface area contributed by atoms with Gasteiger partial charge in [-0.05, 0) is 104 Å². The largest absolute Gasteiger partial charge is 2.00 e. The monoisotopic (exact) mass is 934 g/mol. The average Bonchev–Trinajstić information content (AvgIpc) is 3.24. The van der Waals surface area contributed by atoms with Crippen LogP contribution in [0.2, 0.25) is 0 Å². The fourth-order valence-corrected chi connectivity index (χ4v) is 8.13. The van der Waals surface area contributed by atoms with Crippen molar-refractivity contribution < 1.29 is 45.6 Å². The molecule has 0 aliphatic rings. The van der Waals surface area contributed by atoms with Crippen LogP contribution in [-0.2, 0) is 33.1 Å². The third-order valence-corrected chi connectivity index (χ3v) is 12.6. The zero-order valence-electron chi connectivity index (χ0n) is 37.7. The summed E-state index contributed by atoms with van der Waals surface area (Å²) in [5.74, 6) is 1.04. The molecule has 0 fully saturated rings. The first kappa shape index (κ1) is 56.3. The normalized spacial score (nSPS) is 11.4. The molecule has 0 atom stereocenters. The van der Waals surface area contributed by atoms with E-state index in [0.29, 0.717) is 17.2 Å². The topological polar surface area (TPSA) is 173 Å². The van der Waals surface area contributed by atoms with Crippen molar-refractivity contribution in [1.29, 1.82) is 0 Å². The van der Waals surface area contributed by atoms with E-state index >= 15 is 0 Å². The number of aryl methyl sites for hydroxylation is 2. The molecule has 0 radical (unpaired) electrons. The Labute approximate surface area is 408 Å². The fourth-order valence-electron chi connectivity index (χ4n) is 7.18. The quantitative estimate of drug-likeness (QED) is 0.0291. The number of ether oxygens (including phenoxy) is 2. The third kappa shape index (κ3) is 24.3. The van der Waals surface area contributed by atoms with E-state index in [1.807, 2.05) is 18.2 Å². The summed E-state index contributed by atoms with van der Waals surface area (Å²) in [7, 11) is -8.74. The van der Waals surface area contributed by atoms with E-state index in [2.05, 4.69) is 13.8 Å². The number of hydrogen-bond acceptors (Lipinski definition) is 9. The Morgan fingerprint density at radius 1 is 0.476 bits per heavy atom. The number of benzene rings is 4. The molecule has 0 bridgehead atoms. The van der Waals surface area contributed by atoms with Crippen molar-refractivity contribution in [3.8, 4) is 34.5 Å². The van der Waals surface area contributed by atoms with E-state index in [-0.39, 0.29) is 64.8 Å². The molecule has 0 saturated carbocycles. The molecular formula is C50H70CaO10S2. The minimum Gasteiger partial charge on any atom is -0.870 e. The molecule has 4 aromatic rings. The Kier molecular flexibility index (Phi) is 28.5. The fraction of sp³-hybridized carbons (Fsp3) is 0.520. The summed E-state index contributed by atoms with van der Waals surface area (Å²) < 4.78 is 75.6. The minimum atomic E-state index is -4.50. The smallest absolute Gasteiger partial charge is 0.870 e. The van der Waals surface area contributed by atoms with Crippen molar-refractivity contribution in [3.63, 3.8) is 0 Å². The van der Waals surface area contributed by atoms with Crippen molar-refractivity contribution >= 4 is 58.0 Å². The predicted molar refractivity (Wildman–Crippen MR) is 251 cm³/mol. The van der Waals surface area contributed by atoms with E-state index in [0.717, 1.165) is 36.8 Å². The predicted octanol–water partition coefficient (Wildman–Crippen LogP) is 13.2. The second-order valence-electron chi connectivity index (χ2n) is 16.2. The van der Waals surface area contributed by atoms with Gasteiger partial charge in [0, 0.05) is 0 Å². The molecule has 2 N–H and O–H groups in total. The van der Waals surface area contributed by atoms with Crippen LogP contribution in [0.4, 0.5) is 0 Å². The van der Waals surface area contributed by atoms with E-state index in [4.69, 9.17) is 14.0 Å². The molecule has 4 rings (SSSR count). The summed E-state index contributed by atoms with van der Waals surface area (Å²) in [6.07, 6.45) is 30.4. The van der Waals surface area contributed by atoms with Crippen LogP contribution in [0.5, 0.6) is 34.5 Å². The van der Waals surface area contributed by atoms with Crippen LogP contribution >= 0.6 is 0 Å². The molecule has 0 heterocycles. The molecule has 0 saturated heterocycles. The molecule has 0 aliphatic heterocycles. The Hall–Kier alpha value is -2.84. The van der Waals surface area contributed by atoms with Crippen LogP contribution in [0.25, 0.3) is 0 Å². The molecule has 0 aromatic heterocycles. The maximum absolute atomic E-state index is 12.1.